The Kier molecular flexibility index (Phi) is 5.76. The zero-order valence-electron chi connectivity index (χ0n) is 15.8. The number of aromatic nitrogens is 1. The van der Waals surface area contributed by atoms with Crippen LogP contribution in [0.3, 0.4) is 0 Å². The molecule has 3 rings (SSSR count). The molecule has 0 atom stereocenters. The third-order valence-electron chi connectivity index (χ3n) is 4.79. The van der Waals surface area contributed by atoms with Gasteiger partial charge in [0.15, 0.2) is 0 Å². The Labute approximate surface area is 164 Å². The van der Waals surface area contributed by atoms with E-state index in [1.807, 2.05) is 6.07 Å². The molecule has 0 spiro atoms. The molecule has 1 aliphatic heterocycles. The highest BCUT2D eigenvalue weighted by Crippen LogP contribution is 2.22. The van der Waals surface area contributed by atoms with Gasteiger partial charge in [-0.2, -0.15) is 13.2 Å². The summed E-state index contributed by atoms with van der Waals surface area (Å²) in [6.07, 6.45) is -2.77. The number of alkyl halides is 3. The number of rotatable bonds is 4. The number of fused-ring (bicyclic) bond motifs is 1. The molecule has 0 radical (unpaired) electrons. The molecular formula is C20H20F3N3O3. The van der Waals surface area contributed by atoms with Crippen molar-refractivity contribution in [1.29, 1.82) is 0 Å². The van der Waals surface area contributed by atoms with Crippen LogP contribution in [-0.4, -0.2) is 40.5 Å². The number of nitrogens with zero attached hydrogens (tertiary/aromatic N) is 2. The molecule has 2 heterocycles. The first-order valence-corrected chi connectivity index (χ1v) is 9.05. The normalized spacial score (nSPS) is 13.7. The van der Waals surface area contributed by atoms with Crippen molar-refractivity contribution in [3.05, 3.63) is 69.1 Å². The first-order chi connectivity index (χ1) is 13.7. The molecule has 0 aliphatic carbocycles. The van der Waals surface area contributed by atoms with E-state index >= 15 is 0 Å². The number of benzene rings is 1. The van der Waals surface area contributed by atoms with Crippen molar-refractivity contribution in [1.82, 2.24) is 14.8 Å². The number of halogens is 3. The van der Waals surface area contributed by atoms with Crippen LogP contribution in [0.5, 0.6) is 0 Å². The van der Waals surface area contributed by atoms with E-state index in [-0.39, 0.29) is 31.0 Å². The molecule has 0 bridgehead atoms. The monoisotopic (exact) mass is 407 g/mol. The Morgan fingerprint density at radius 3 is 2.48 bits per heavy atom. The maximum Gasteiger partial charge on any atom is 0.405 e. The van der Waals surface area contributed by atoms with Crippen molar-refractivity contribution in [3.63, 3.8) is 0 Å². The Bertz CT molecular complexity index is 984. The van der Waals surface area contributed by atoms with Crippen LogP contribution >= 0.6 is 0 Å². The Balaban J connectivity index is 2.04. The fourth-order valence-corrected chi connectivity index (χ4v) is 3.38. The zero-order chi connectivity index (χ0) is 21.2. The number of carbonyl (C=O) groups is 2. The van der Waals surface area contributed by atoms with Gasteiger partial charge in [0, 0.05) is 26.2 Å². The molecular weight excluding hydrogens is 387 g/mol. The van der Waals surface area contributed by atoms with Crippen molar-refractivity contribution in [3.8, 4) is 0 Å². The molecule has 0 saturated carbocycles. The second-order valence-electron chi connectivity index (χ2n) is 6.91. The predicted octanol–water partition coefficient (Wildman–Crippen LogP) is 2.09. The van der Waals surface area contributed by atoms with Gasteiger partial charge in [-0.1, -0.05) is 30.3 Å². The summed E-state index contributed by atoms with van der Waals surface area (Å²) < 4.78 is 38.9. The van der Waals surface area contributed by atoms with Gasteiger partial charge >= 0.3 is 6.18 Å². The molecule has 1 aromatic carbocycles. The van der Waals surface area contributed by atoms with Crippen molar-refractivity contribution >= 4 is 11.8 Å². The van der Waals surface area contributed by atoms with Crippen molar-refractivity contribution in [2.45, 2.75) is 32.6 Å². The summed E-state index contributed by atoms with van der Waals surface area (Å²) in [5.74, 6) is -1.21. The number of nitrogens with one attached hydrogen (secondary N) is 1. The Hall–Kier alpha value is -3.10. The van der Waals surface area contributed by atoms with Crippen molar-refractivity contribution < 1.29 is 22.8 Å². The molecule has 2 amide bonds. The van der Waals surface area contributed by atoms with E-state index in [4.69, 9.17) is 0 Å². The van der Waals surface area contributed by atoms with E-state index in [9.17, 15) is 27.6 Å². The van der Waals surface area contributed by atoms with Crippen LogP contribution in [-0.2, 0) is 24.3 Å². The van der Waals surface area contributed by atoms with E-state index in [1.165, 1.54) is 11.5 Å². The minimum absolute atomic E-state index is 0.153. The lowest BCUT2D eigenvalue weighted by molar-refractivity contribution is -0.129. The SMILES string of the molecule is CC(=O)N1CCc2c(cn(Cc3ccccc3)c(=O)c2C(=O)NCC(F)(F)F)C1. The van der Waals surface area contributed by atoms with Gasteiger partial charge in [0.25, 0.3) is 11.5 Å². The van der Waals surface area contributed by atoms with Gasteiger partial charge in [0.2, 0.25) is 5.91 Å². The molecule has 154 valence electrons. The number of hydrogen-bond donors (Lipinski definition) is 1. The lowest BCUT2D eigenvalue weighted by Gasteiger charge is -2.29. The van der Waals surface area contributed by atoms with Crippen LogP contribution in [0.1, 0.15) is 34.0 Å². The van der Waals surface area contributed by atoms with E-state index in [1.54, 1.807) is 40.7 Å². The van der Waals surface area contributed by atoms with E-state index < -0.39 is 24.2 Å². The molecule has 1 N–H and O–H groups in total. The highest BCUT2D eigenvalue weighted by Gasteiger charge is 2.31. The minimum atomic E-state index is -4.58. The topological polar surface area (TPSA) is 71.4 Å². The Morgan fingerprint density at radius 2 is 1.86 bits per heavy atom. The van der Waals surface area contributed by atoms with Crippen LogP contribution < -0.4 is 10.9 Å². The average Bonchev–Trinajstić information content (AvgIpc) is 2.66. The first-order valence-electron chi connectivity index (χ1n) is 9.05. The second kappa shape index (κ2) is 8.10. The zero-order valence-corrected chi connectivity index (χ0v) is 15.8. The van der Waals surface area contributed by atoms with Gasteiger partial charge in [-0.25, -0.2) is 0 Å². The van der Waals surface area contributed by atoms with E-state index in [0.29, 0.717) is 17.7 Å². The van der Waals surface area contributed by atoms with Crippen molar-refractivity contribution in [2.75, 3.05) is 13.1 Å². The summed E-state index contributed by atoms with van der Waals surface area (Å²) in [6, 6.07) is 9.02. The fraction of sp³-hybridized carbons (Fsp3) is 0.350. The minimum Gasteiger partial charge on any atom is -0.343 e. The number of carbonyl (C=O) groups excluding carboxylic acids is 2. The summed E-state index contributed by atoms with van der Waals surface area (Å²) >= 11 is 0. The summed E-state index contributed by atoms with van der Waals surface area (Å²) in [5, 5.41) is 1.80. The van der Waals surface area contributed by atoms with Gasteiger partial charge < -0.3 is 14.8 Å². The Morgan fingerprint density at radius 1 is 1.17 bits per heavy atom. The lowest BCUT2D eigenvalue weighted by atomic mass is 9.96. The van der Waals surface area contributed by atoms with Crippen LogP contribution in [0.4, 0.5) is 13.2 Å². The van der Waals surface area contributed by atoms with E-state index in [0.717, 1.165) is 5.56 Å². The summed E-state index contributed by atoms with van der Waals surface area (Å²) in [5.41, 5.74) is 0.848. The molecule has 2 aromatic rings. The second-order valence-corrected chi connectivity index (χ2v) is 6.91. The molecule has 1 aliphatic rings. The molecule has 29 heavy (non-hydrogen) atoms. The summed E-state index contributed by atoms with van der Waals surface area (Å²) in [7, 11) is 0. The highest BCUT2D eigenvalue weighted by atomic mass is 19.4. The molecule has 9 heteroatoms. The quantitative estimate of drug-likeness (QED) is 0.844. The third kappa shape index (κ3) is 4.85. The van der Waals surface area contributed by atoms with Gasteiger partial charge in [0.05, 0.1) is 6.54 Å². The van der Waals surface area contributed by atoms with Crippen molar-refractivity contribution in [2.24, 2.45) is 0 Å². The predicted molar refractivity (Wildman–Crippen MR) is 99.4 cm³/mol. The van der Waals surface area contributed by atoms with Gasteiger partial charge in [0.1, 0.15) is 12.1 Å². The molecule has 0 saturated heterocycles. The third-order valence-corrected chi connectivity index (χ3v) is 4.79. The van der Waals surface area contributed by atoms with Gasteiger partial charge in [-0.3, -0.25) is 14.4 Å². The van der Waals surface area contributed by atoms with Gasteiger partial charge in [-0.05, 0) is 23.1 Å². The largest absolute Gasteiger partial charge is 0.405 e. The molecule has 1 aromatic heterocycles. The van der Waals surface area contributed by atoms with Crippen LogP contribution in [0, 0.1) is 0 Å². The number of amides is 2. The maximum atomic E-state index is 13.0. The standard InChI is InChI=1S/C20H20F3N3O3/c1-13(27)25-8-7-16-15(10-25)11-26(9-14-5-3-2-4-6-14)19(29)17(16)18(28)24-12-20(21,22)23/h2-6,11H,7-10,12H2,1H3,(H,24,28). The fourth-order valence-electron chi connectivity index (χ4n) is 3.38. The summed E-state index contributed by atoms with van der Waals surface area (Å²) in [6.45, 7) is 0.547. The molecule has 0 unspecified atom stereocenters. The van der Waals surface area contributed by atoms with Crippen LogP contribution in [0.25, 0.3) is 0 Å². The average molecular weight is 407 g/mol. The molecule has 0 fully saturated rings. The highest BCUT2D eigenvalue weighted by molar-refractivity contribution is 5.95. The molecule has 6 nitrogen and oxygen atoms in total. The lowest BCUT2D eigenvalue weighted by Crippen LogP contribution is -2.42. The van der Waals surface area contributed by atoms with Gasteiger partial charge in [-0.15, -0.1) is 0 Å². The number of hydrogen-bond acceptors (Lipinski definition) is 3. The van der Waals surface area contributed by atoms with Crippen LogP contribution in [0.2, 0.25) is 0 Å². The van der Waals surface area contributed by atoms with E-state index in [2.05, 4.69) is 0 Å². The summed E-state index contributed by atoms with van der Waals surface area (Å²) in [4.78, 5) is 38.8. The van der Waals surface area contributed by atoms with Crippen LogP contribution in [0.15, 0.2) is 41.3 Å². The smallest absolute Gasteiger partial charge is 0.343 e. The maximum absolute atomic E-state index is 13.0. The number of pyridine rings is 1. The first kappa shape index (κ1) is 20.6.